The van der Waals surface area contributed by atoms with Crippen molar-refractivity contribution >= 4 is 23.1 Å². The number of fused-ring (bicyclic) bond motifs is 1. The van der Waals surface area contributed by atoms with Gasteiger partial charge in [-0.2, -0.15) is 0 Å². The van der Waals surface area contributed by atoms with Crippen molar-refractivity contribution in [3.05, 3.63) is 0 Å². The lowest BCUT2D eigenvalue weighted by atomic mass is 9.61. The third-order valence-electron chi connectivity index (χ3n) is 5.53. The van der Waals surface area contributed by atoms with Crippen LogP contribution in [0.3, 0.4) is 0 Å². The molecule has 1 amide bonds. The van der Waals surface area contributed by atoms with Crippen molar-refractivity contribution in [2.75, 3.05) is 6.54 Å². The zero-order valence-corrected chi connectivity index (χ0v) is 12.5. The maximum absolute atomic E-state index is 13.0. The molecule has 0 bridgehead atoms. The fraction of sp³-hybridized carbons (Fsp3) is 0.867. The molecule has 3 rings (SSSR count). The maximum atomic E-state index is 13.0. The lowest BCUT2D eigenvalue weighted by molar-refractivity contribution is -0.149. The Hall–Kier alpha value is -0.640. The Bertz CT molecular complexity index is 403. The van der Waals surface area contributed by atoms with Gasteiger partial charge in [-0.1, -0.05) is 25.6 Å². The Labute approximate surface area is 120 Å². The second-order valence-corrected chi connectivity index (χ2v) is 7.30. The molecule has 4 heteroatoms. The first-order valence-corrected chi connectivity index (χ1v) is 8.06. The van der Waals surface area contributed by atoms with Crippen LogP contribution in [-0.4, -0.2) is 28.4 Å². The number of carbonyl (C=O) groups excluding carboxylic acids is 1. The fourth-order valence-corrected chi connectivity index (χ4v) is 4.85. The van der Waals surface area contributed by atoms with Crippen molar-refractivity contribution in [1.29, 1.82) is 0 Å². The summed E-state index contributed by atoms with van der Waals surface area (Å²) in [6.07, 6.45) is 7.91. The summed E-state index contributed by atoms with van der Waals surface area (Å²) in [5.74, 6) is 1.56. The predicted molar refractivity (Wildman–Crippen MR) is 79.7 cm³/mol. The Kier molecular flexibility index (Phi) is 3.32. The highest BCUT2D eigenvalue weighted by atomic mass is 32.1. The molecule has 0 radical (unpaired) electrons. The number of amides is 1. The van der Waals surface area contributed by atoms with E-state index in [2.05, 4.69) is 11.8 Å². The second kappa shape index (κ2) is 4.72. The van der Waals surface area contributed by atoms with Crippen LogP contribution in [-0.2, 0) is 4.79 Å². The highest BCUT2D eigenvalue weighted by molar-refractivity contribution is 7.80. The van der Waals surface area contributed by atoms with E-state index in [1.807, 2.05) is 0 Å². The van der Waals surface area contributed by atoms with E-state index in [1.165, 1.54) is 25.7 Å². The molecule has 3 fully saturated rings. The third kappa shape index (κ3) is 1.99. The van der Waals surface area contributed by atoms with Crippen molar-refractivity contribution < 1.29 is 4.79 Å². The first-order chi connectivity index (χ1) is 9.04. The molecule has 3 aliphatic rings. The van der Waals surface area contributed by atoms with Crippen LogP contribution in [0.1, 0.15) is 51.9 Å². The second-order valence-electron chi connectivity index (χ2n) is 6.86. The van der Waals surface area contributed by atoms with Crippen LogP contribution in [0, 0.1) is 17.3 Å². The molecule has 0 spiro atoms. The number of likely N-dealkylation sites (tertiary alicyclic amines) is 1. The van der Waals surface area contributed by atoms with Crippen LogP contribution in [0.15, 0.2) is 0 Å². The molecule has 0 aromatic heterocycles. The van der Waals surface area contributed by atoms with E-state index in [9.17, 15) is 4.79 Å². The molecule has 3 nitrogen and oxygen atoms in total. The average molecular weight is 280 g/mol. The third-order valence-corrected chi connectivity index (χ3v) is 5.92. The van der Waals surface area contributed by atoms with E-state index in [4.69, 9.17) is 18.0 Å². The van der Waals surface area contributed by atoms with Crippen molar-refractivity contribution in [3.8, 4) is 0 Å². The minimum absolute atomic E-state index is 0.245. The average Bonchev–Trinajstić information content (AvgIpc) is 2.81. The van der Waals surface area contributed by atoms with Crippen molar-refractivity contribution in [2.45, 2.75) is 57.9 Å². The van der Waals surface area contributed by atoms with Gasteiger partial charge in [0, 0.05) is 12.6 Å². The molecular weight excluding hydrogens is 256 g/mol. The summed E-state index contributed by atoms with van der Waals surface area (Å²) in [4.78, 5) is 15.6. The number of piperidine rings is 1. The van der Waals surface area contributed by atoms with Crippen LogP contribution in [0.25, 0.3) is 0 Å². The van der Waals surface area contributed by atoms with E-state index in [-0.39, 0.29) is 5.91 Å². The Morgan fingerprint density at radius 2 is 1.95 bits per heavy atom. The number of thiocarbonyl (C=S) groups is 1. The Balaban J connectivity index is 1.80. The van der Waals surface area contributed by atoms with Gasteiger partial charge in [0.05, 0.1) is 10.4 Å². The number of hydrogen-bond acceptors (Lipinski definition) is 2. The first kappa shape index (κ1) is 13.3. The lowest BCUT2D eigenvalue weighted by Gasteiger charge is -2.49. The van der Waals surface area contributed by atoms with Gasteiger partial charge >= 0.3 is 0 Å². The molecule has 0 aromatic carbocycles. The van der Waals surface area contributed by atoms with Crippen LogP contribution < -0.4 is 5.73 Å². The predicted octanol–water partition coefficient (Wildman–Crippen LogP) is 2.48. The molecule has 1 aliphatic heterocycles. The zero-order chi connectivity index (χ0) is 13.6. The van der Waals surface area contributed by atoms with E-state index in [0.717, 1.165) is 31.7 Å². The summed E-state index contributed by atoms with van der Waals surface area (Å²) in [5, 5.41) is 0. The monoisotopic (exact) mass is 280 g/mol. The molecule has 19 heavy (non-hydrogen) atoms. The molecule has 106 valence electrons. The zero-order valence-electron chi connectivity index (χ0n) is 11.7. The molecule has 2 atom stereocenters. The van der Waals surface area contributed by atoms with Gasteiger partial charge in [0.25, 0.3) is 0 Å². The van der Waals surface area contributed by atoms with Gasteiger partial charge in [0.15, 0.2) is 0 Å². The van der Waals surface area contributed by atoms with Gasteiger partial charge in [0.1, 0.15) is 0 Å². The normalized spacial score (nSPS) is 41.5. The summed E-state index contributed by atoms with van der Waals surface area (Å²) in [5.41, 5.74) is 5.42. The van der Waals surface area contributed by atoms with E-state index in [1.54, 1.807) is 0 Å². The quantitative estimate of drug-likeness (QED) is 0.791. The van der Waals surface area contributed by atoms with Gasteiger partial charge in [-0.3, -0.25) is 4.79 Å². The molecular formula is C15H24N2OS. The van der Waals surface area contributed by atoms with Crippen LogP contribution in [0.4, 0.5) is 0 Å². The number of rotatable bonds is 2. The largest absolute Gasteiger partial charge is 0.392 e. The maximum Gasteiger partial charge on any atom is 0.235 e. The van der Waals surface area contributed by atoms with E-state index >= 15 is 0 Å². The Morgan fingerprint density at radius 3 is 2.58 bits per heavy atom. The summed E-state index contributed by atoms with van der Waals surface area (Å²) in [6, 6.07) is 0.475. The first-order valence-electron chi connectivity index (χ1n) is 7.65. The van der Waals surface area contributed by atoms with Gasteiger partial charge in [-0.15, -0.1) is 0 Å². The van der Waals surface area contributed by atoms with Gasteiger partial charge in [0.2, 0.25) is 5.91 Å². The molecule has 1 saturated heterocycles. The SMILES string of the molecule is CC1CC(C(=O)N2CCCC3CCCC32)(C(N)=S)C1. The number of carbonyl (C=O) groups is 1. The van der Waals surface area contributed by atoms with Crippen molar-refractivity contribution in [2.24, 2.45) is 23.0 Å². The van der Waals surface area contributed by atoms with Crippen LogP contribution in [0.2, 0.25) is 0 Å². The van der Waals surface area contributed by atoms with E-state index < -0.39 is 5.41 Å². The minimum Gasteiger partial charge on any atom is -0.392 e. The van der Waals surface area contributed by atoms with E-state index in [0.29, 0.717) is 16.9 Å². The molecule has 2 N–H and O–H groups in total. The van der Waals surface area contributed by atoms with Crippen molar-refractivity contribution in [3.63, 3.8) is 0 Å². The molecule has 2 aliphatic carbocycles. The fourth-order valence-electron chi connectivity index (χ4n) is 4.59. The van der Waals surface area contributed by atoms with Gasteiger partial charge in [-0.25, -0.2) is 0 Å². The summed E-state index contributed by atoms with van der Waals surface area (Å²) < 4.78 is 0. The summed E-state index contributed by atoms with van der Waals surface area (Å²) >= 11 is 5.23. The highest BCUT2D eigenvalue weighted by Gasteiger charge is 2.54. The van der Waals surface area contributed by atoms with Crippen LogP contribution in [0.5, 0.6) is 0 Å². The molecule has 2 saturated carbocycles. The number of nitrogens with zero attached hydrogens (tertiary/aromatic N) is 1. The summed E-state index contributed by atoms with van der Waals surface area (Å²) in [6.45, 7) is 3.09. The summed E-state index contributed by atoms with van der Waals surface area (Å²) in [7, 11) is 0. The number of nitrogens with two attached hydrogens (primary N) is 1. The van der Waals surface area contributed by atoms with Crippen LogP contribution >= 0.6 is 12.2 Å². The minimum atomic E-state index is -0.501. The number of hydrogen-bond donors (Lipinski definition) is 1. The van der Waals surface area contributed by atoms with Crippen molar-refractivity contribution in [1.82, 2.24) is 4.90 Å². The smallest absolute Gasteiger partial charge is 0.235 e. The molecule has 2 unspecified atom stereocenters. The highest BCUT2D eigenvalue weighted by Crippen LogP contribution is 2.49. The Morgan fingerprint density at radius 1 is 1.26 bits per heavy atom. The molecule has 1 heterocycles. The lowest BCUT2D eigenvalue weighted by Crippen LogP contribution is -2.60. The standard InChI is InChI=1S/C15H24N2OS/c1-10-8-15(9-10,13(16)19)14(18)17-7-3-5-11-4-2-6-12(11)17/h10-12H,2-9H2,1H3,(H2,16,19). The van der Waals surface area contributed by atoms with Gasteiger partial charge < -0.3 is 10.6 Å². The topological polar surface area (TPSA) is 46.3 Å². The van der Waals surface area contributed by atoms with Gasteiger partial charge in [-0.05, 0) is 50.4 Å². The molecule has 0 aromatic rings.